The molecule has 1 heterocycles. The predicted octanol–water partition coefficient (Wildman–Crippen LogP) is 2.73. The number of thiazole rings is 1. The van der Waals surface area contributed by atoms with Crippen LogP contribution in [0.1, 0.15) is 30.7 Å². The quantitative estimate of drug-likeness (QED) is 0.857. The summed E-state index contributed by atoms with van der Waals surface area (Å²) in [6.07, 6.45) is 6.35. The van der Waals surface area contributed by atoms with Crippen LogP contribution in [-0.2, 0) is 4.79 Å². The summed E-state index contributed by atoms with van der Waals surface area (Å²) < 4.78 is 1.12. The van der Waals surface area contributed by atoms with Crippen LogP contribution in [0.25, 0.3) is 16.3 Å². The Labute approximate surface area is 127 Å². The van der Waals surface area contributed by atoms with Crippen molar-refractivity contribution in [3.8, 4) is 0 Å². The Morgan fingerprint density at radius 3 is 2.81 bits per heavy atom. The van der Waals surface area contributed by atoms with E-state index in [4.69, 9.17) is 0 Å². The van der Waals surface area contributed by atoms with E-state index in [1.54, 1.807) is 23.5 Å². The number of rotatable bonds is 3. The van der Waals surface area contributed by atoms with Gasteiger partial charge in [0.05, 0.1) is 16.3 Å². The first-order valence-electron chi connectivity index (χ1n) is 7.23. The zero-order valence-electron chi connectivity index (χ0n) is 11.7. The van der Waals surface area contributed by atoms with Crippen LogP contribution in [0.2, 0.25) is 0 Å². The standard InChI is InChI=1S/C16H18N2O2S/c19-12-7-5-11(6-8-12)17-15(20)9-10-16-18-13-3-1-2-4-14(13)21-16/h1-4,9-12,19H,5-8H2,(H,17,20). The highest BCUT2D eigenvalue weighted by molar-refractivity contribution is 7.19. The third kappa shape index (κ3) is 3.68. The molecule has 0 spiro atoms. The molecule has 110 valence electrons. The van der Waals surface area contributed by atoms with Crippen molar-refractivity contribution in [2.45, 2.75) is 37.8 Å². The van der Waals surface area contributed by atoms with Gasteiger partial charge in [-0.1, -0.05) is 12.1 Å². The summed E-state index contributed by atoms with van der Waals surface area (Å²) in [6, 6.07) is 8.12. The normalized spacial score (nSPS) is 22.7. The van der Waals surface area contributed by atoms with Crippen LogP contribution in [0.5, 0.6) is 0 Å². The third-order valence-corrected chi connectivity index (χ3v) is 4.73. The number of fused-ring (bicyclic) bond motifs is 1. The summed E-state index contributed by atoms with van der Waals surface area (Å²) in [5.74, 6) is -0.0874. The maximum Gasteiger partial charge on any atom is 0.244 e. The van der Waals surface area contributed by atoms with Crippen molar-refractivity contribution < 1.29 is 9.90 Å². The van der Waals surface area contributed by atoms with Crippen molar-refractivity contribution in [2.24, 2.45) is 0 Å². The van der Waals surface area contributed by atoms with Crippen LogP contribution in [0, 0.1) is 0 Å². The van der Waals surface area contributed by atoms with Crippen LogP contribution in [0.4, 0.5) is 0 Å². The Morgan fingerprint density at radius 1 is 1.29 bits per heavy atom. The fourth-order valence-corrected chi connectivity index (χ4v) is 3.45. The Morgan fingerprint density at radius 2 is 2.05 bits per heavy atom. The second-order valence-corrected chi connectivity index (χ2v) is 6.43. The molecule has 1 saturated carbocycles. The van der Waals surface area contributed by atoms with Crippen LogP contribution in [0.15, 0.2) is 30.3 Å². The molecule has 1 fully saturated rings. The van der Waals surface area contributed by atoms with Crippen molar-refractivity contribution >= 4 is 33.5 Å². The summed E-state index contributed by atoms with van der Waals surface area (Å²) in [5.41, 5.74) is 0.962. The smallest absolute Gasteiger partial charge is 0.244 e. The predicted molar refractivity (Wildman–Crippen MR) is 85.1 cm³/mol. The molecule has 0 bridgehead atoms. The number of nitrogens with one attached hydrogen (secondary N) is 1. The molecule has 0 aliphatic heterocycles. The maximum atomic E-state index is 11.9. The Balaban J connectivity index is 1.58. The minimum Gasteiger partial charge on any atom is -0.393 e. The van der Waals surface area contributed by atoms with E-state index in [9.17, 15) is 9.90 Å². The molecule has 1 amide bonds. The first-order valence-corrected chi connectivity index (χ1v) is 8.04. The molecule has 1 aromatic carbocycles. The average molecular weight is 302 g/mol. The summed E-state index contributed by atoms with van der Waals surface area (Å²) in [6.45, 7) is 0. The van der Waals surface area contributed by atoms with Gasteiger partial charge in [0.2, 0.25) is 5.91 Å². The number of aliphatic hydroxyl groups is 1. The topological polar surface area (TPSA) is 62.2 Å². The molecule has 2 aromatic rings. The average Bonchev–Trinajstić information content (AvgIpc) is 2.90. The van der Waals surface area contributed by atoms with Crippen molar-refractivity contribution in [1.29, 1.82) is 0 Å². The van der Waals surface area contributed by atoms with Crippen LogP contribution in [0.3, 0.4) is 0 Å². The molecule has 5 heteroatoms. The zero-order chi connectivity index (χ0) is 14.7. The SMILES string of the molecule is O=C(C=Cc1nc2ccccc2s1)NC1CCC(O)CC1. The molecule has 1 aliphatic rings. The number of aromatic nitrogens is 1. The van der Waals surface area contributed by atoms with E-state index in [1.807, 2.05) is 24.3 Å². The minimum absolute atomic E-state index is 0.0874. The molecular formula is C16H18N2O2S. The van der Waals surface area contributed by atoms with Crippen LogP contribution < -0.4 is 5.32 Å². The van der Waals surface area contributed by atoms with E-state index in [-0.39, 0.29) is 18.1 Å². The highest BCUT2D eigenvalue weighted by atomic mass is 32.1. The van der Waals surface area contributed by atoms with Gasteiger partial charge in [-0.3, -0.25) is 4.79 Å². The molecule has 3 rings (SSSR count). The lowest BCUT2D eigenvalue weighted by atomic mass is 9.93. The summed E-state index contributed by atoms with van der Waals surface area (Å²) in [5, 5.41) is 13.3. The number of carbonyl (C=O) groups excluding carboxylic acids is 1. The number of carbonyl (C=O) groups is 1. The van der Waals surface area contributed by atoms with Gasteiger partial charge in [0.25, 0.3) is 0 Å². The second-order valence-electron chi connectivity index (χ2n) is 5.37. The number of nitrogens with zero attached hydrogens (tertiary/aromatic N) is 1. The van der Waals surface area contributed by atoms with Gasteiger partial charge in [0.1, 0.15) is 5.01 Å². The molecule has 0 radical (unpaired) electrons. The van der Waals surface area contributed by atoms with Crippen LogP contribution in [-0.4, -0.2) is 28.1 Å². The number of aliphatic hydroxyl groups excluding tert-OH is 1. The Kier molecular flexibility index (Phi) is 4.31. The van der Waals surface area contributed by atoms with Gasteiger partial charge in [0.15, 0.2) is 0 Å². The lowest BCUT2D eigenvalue weighted by Gasteiger charge is -2.25. The summed E-state index contributed by atoms with van der Waals surface area (Å²) in [7, 11) is 0. The molecule has 4 nitrogen and oxygen atoms in total. The maximum absolute atomic E-state index is 11.9. The number of hydrogen-bond donors (Lipinski definition) is 2. The molecule has 2 N–H and O–H groups in total. The molecule has 0 unspecified atom stereocenters. The summed E-state index contributed by atoms with van der Waals surface area (Å²) in [4.78, 5) is 16.4. The second kappa shape index (κ2) is 6.37. The van der Waals surface area contributed by atoms with E-state index < -0.39 is 0 Å². The Hall–Kier alpha value is -1.72. The zero-order valence-corrected chi connectivity index (χ0v) is 12.5. The van der Waals surface area contributed by atoms with Crippen molar-refractivity contribution in [3.05, 3.63) is 35.3 Å². The van der Waals surface area contributed by atoms with Crippen molar-refractivity contribution in [1.82, 2.24) is 10.3 Å². The van der Waals surface area contributed by atoms with E-state index in [0.717, 1.165) is 40.9 Å². The van der Waals surface area contributed by atoms with Crippen molar-refractivity contribution in [2.75, 3.05) is 0 Å². The number of benzene rings is 1. The van der Waals surface area contributed by atoms with Gasteiger partial charge in [-0.25, -0.2) is 4.98 Å². The molecule has 1 aliphatic carbocycles. The largest absolute Gasteiger partial charge is 0.393 e. The fourth-order valence-electron chi connectivity index (χ4n) is 2.58. The Bertz CT molecular complexity index is 624. The molecular weight excluding hydrogens is 284 g/mol. The lowest BCUT2D eigenvalue weighted by molar-refractivity contribution is -0.117. The van der Waals surface area contributed by atoms with Crippen molar-refractivity contribution in [3.63, 3.8) is 0 Å². The molecule has 21 heavy (non-hydrogen) atoms. The monoisotopic (exact) mass is 302 g/mol. The van der Waals surface area contributed by atoms with E-state index in [1.165, 1.54) is 0 Å². The van der Waals surface area contributed by atoms with Gasteiger partial charge < -0.3 is 10.4 Å². The number of para-hydroxylation sites is 1. The fraction of sp³-hybridized carbons (Fsp3) is 0.375. The van der Waals surface area contributed by atoms with Gasteiger partial charge in [0, 0.05) is 12.1 Å². The highest BCUT2D eigenvalue weighted by Gasteiger charge is 2.19. The van der Waals surface area contributed by atoms with Gasteiger partial charge in [-0.05, 0) is 43.9 Å². The number of hydrogen-bond acceptors (Lipinski definition) is 4. The highest BCUT2D eigenvalue weighted by Crippen LogP contribution is 2.22. The van der Waals surface area contributed by atoms with E-state index in [0.29, 0.717) is 0 Å². The van der Waals surface area contributed by atoms with Gasteiger partial charge in [-0.15, -0.1) is 11.3 Å². The lowest BCUT2D eigenvalue weighted by Crippen LogP contribution is -2.37. The minimum atomic E-state index is -0.198. The van der Waals surface area contributed by atoms with Gasteiger partial charge >= 0.3 is 0 Å². The first kappa shape index (κ1) is 14.2. The molecule has 0 atom stereocenters. The van der Waals surface area contributed by atoms with E-state index >= 15 is 0 Å². The summed E-state index contributed by atoms with van der Waals surface area (Å²) >= 11 is 1.57. The first-order chi connectivity index (χ1) is 10.2. The van der Waals surface area contributed by atoms with Crippen LogP contribution >= 0.6 is 11.3 Å². The number of amides is 1. The molecule has 1 aromatic heterocycles. The van der Waals surface area contributed by atoms with E-state index in [2.05, 4.69) is 10.3 Å². The molecule has 0 saturated heterocycles. The van der Waals surface area contributed by atoms with Gasteiger partial charge in [-0.2, -0.15) is 0 Å². The third-order valence-electron chi connectivity index (χ3n) is 3.73.